The summed E-state index contributed by atoms with van der Waals surface area (Å²) in [7, 11) is 4.01. The van der Waals surface area contributed by atoms with Crippen LogP contribution in [0.5, 0.6) is 0 Å². The Kier molecular flexibility index (Phi) is 37.0. The van der Waals surface area contributed by atoms with Crippen molar-refractivity contribution >= 4 is 11.9 Å². The lowest BCUT2D eigenvalue weighted by atomic mass is 10.0. The van der Waals surface area contributed by atoms with E-state index in [0.717, 1.165) is 25.9 Å². The summed E-state index contributed by atoms with van der Waals surface area (Å²) in [5.74, 6) is -1.84. The molecule has 0 aliphatic carbocycles. The zero-order chi connectivity index (χ0) is 27.9. The SMILES string of the molecule is CC(O)C(=O)O.CCCCCCCCCCCCCCCCCCCCCC(=O)O.CN(C)CCN. The largest absolute Gasteiger partial charge is 0.481 e. The average molecular weight is 519 g/mol. The van der Waals surface area contributed by atoms with E-state index in [9.17, 15) is 9.59 Å². The normalized spacial score (nSPS) is 11.3. The van der Waals surface area contributed by atoms with E-state index < -0.39 is 18.0 Å². The molecule has 0 saturated carbocycles. The van der Waals surface area contributed by atoms with Crippen molar-refractivity contribution in [3.8, 4) is 0 Å². The molecule has 0 spiro atoms. The summed E-state index contributed by atoms with van der Waals surface area (Å²) in [4.78, 5) is 21.9. The van der Waals surface area contributed by atoms with Crippen LogP contribution in [-0.2, 0) is 9.59 Å². The van der Waals surface area contributed by atoms with Crippen LogP contribution in [0, 0.1) is 0 Å². The van der Waals surface area contributed by atoms with Gasteiger partial charge in [0.05, 0.1) is 0 Å². The van der Waals surface area contributed by atoms with Crippen LogP contribution in [0.15, 0.2) is 0 Å². The lowest BCUT2D eigenvalue weighted by molar-refractivity contribution is -0.145. The molecule has 0 bridgehead atoms. The number of aliphatic hydroxyl groups is 1. The van der Waals surface area contributed by atoms with Crippen LogP contribution in [-0.4, -0.2) is 65.4 Å². The molecule has 7 nitrogen and oxygen atoms in total. The van der Waals surface area contributed by atoms with Gasteiger partial charge < -0.3 is 26.0 Å². The standard InChI is InChI=1S/C22H44O2.C4H12N2.C3H6O3/c1-2-3-4-5-6-7-8-9-10-11-12-13-14-15-16-17-18-19-20-21-22(23)24;1-6(2)4-3-5;1-2(4)3(5)6/h2-21H2,1H3,(H,23,24);3-5H2,1-2H3;2,4H,1H3,(H,5,6). The fourth-order valence-electron chi connectivity index (χ4n) is 3.61. The van der Waals surface area contributed by atoms with Gasteiger partial charge in [-0.1, -0.05) is 122 Å². The highest BCUT2D eigenvalue weighted by molar-refractivity contribution is 5.71. The van der Waals surface area contributed by atoms with Gasteiger partial charge in [-0.25, -0.2) is 4.79 Å². The molecule has 5 N–H and O–H groups in total. The molecule has 0 amide bonds. The Hall–Kier alpha value is -1.18. The summed E-state index contributed by atoms with van der Waals surface area (Å²) < 4.78 is 0. The van der Waals surface area contributed by atoms with Crippen molar-refractivity contribution in [3.63, 3.8) is 0 Å². The van der Waals surface area contributed by atoms with Crippen LogP contribution in [0.4, 0.5) is 0 Å². The number of carbonyl (C=O) groups is 2. The summed E-state index contributed by atoms with van der Waals surface area (Å²) in [6.45, 7) is 5.22. The molecular weight excluding hydrogens is 456 g/mol. The van der Waals surface area contributed by atoms with Crippen molar-refractivity contribution in [1.29, 1.82) is 0 Å². The topological polar surface area (TPSA) is 124 Å². The fraction of sp³-hybridized carbons (Fsp3) is 0.931. The first kappa shape index (κ1) is 39.3. The Morgan fingerprint density at radius 2 is 0.944 bits per heavy atom. The Morgan fingerprint density at radius 3 is 1.11 bits per heavy atom. The first-order valence-electron chi connectivity index (χ1n) is 14.7. The third kappa shape index (κ3) is 46.2. The zero-order valence-corrected chi connectivity index (χ0v) is 24.3. The molecule has 7 heteroatoms. The Bertz CT molecular complexity index is 445. The number of aliphatic carboxylic acids is 2. The van der Waals surface area contributed by atoms with Crippen LogP contribution in [0.2, 0.25) is 0 Å². The van der Waals surface area contributed by atoms with E-state index >= 15 is 0 Å². The number of carboxylic acid groups (broad SMARTS) is 2. The second-order valence-electron chi connectivity index (χ2n) is 10.1. The van der Waals surface area contributed by atoms with Gasteiger partial charge in [-0.15, -0.1) is 0 Å². The highest BCUT2D eigenvalue weighted by Crippen LogP contribution is 2.14. The molecule has 1 atom stereocenters. The van der Waals surface area contributed by atoms with Gasteiger partial charge in [0.15, 0.2) is 0 Å². The van der Waals surface area contributed by atoms with E-state index in [1.165, 1.54) is 116 Å². The predicted molar refractivity (Wildman–Crippen MR) is 153 cm³/mol. The molecule has 0 aromatic carbocycles. The molecule has 0 saturated heterocycles. The van der Waals surface area contributed by atoms with Gasteiger partial charge in [0, 0.05) is 19.5 Å². The number of hydrogen-bond acceptors (Lipinski definition) is 5. The molecule has 0 aliphatic heterocycles. The average Bonchev–Trinajstić information content (AvgIpc) is 2.81. The van der Waals surface area contributed by atoms with Gasteiger partial charge in [0.1, 0.15) is 6.10 Å². The van der Waals surface area contributed by atoms with Crippen molar-refractivity contribution < 1.29 is 24.9 Å². The first-order valence-corrected chi connectivity index (χ1v) is 14.7. The highest BCUT2D eigenvalue weighted by atomic mass is 16.4. The van der Waals surface area contributed by atoms with E-state index in [1.54, 1.807) is 0 Å². The van der Waals surface area contributed by atoms with E-state index in [-0.39, 0.29) is 0 Å². The highest BCUT2D eigenvalue weighted by Gasteiger charge is 2.01. The number of nitrogens with zero attached hydrogens (tertiary/aromatic N) is 1. The third-order valence-electron chi connectivity index (χ3n) is 5.93. The number of likely N-dealkylation sites (N-methyl/N-ethyl adjacent to an activating group) is 1. The van der Waals surface area contributed by atoms with Crippen LogP contribution >= 0.6 is 0 Å². The van der Waals surface area contributed by atoms with Gasteiger partial charge in [0.25, 0.3) is 0 Å². The number of unbranched alkanes of at least 4 members (excludes halogenated alkanes) is 18. The lowest BCUT2D eigenvalue weighted by Crippen LogP contribution is -2.20. The van der Waals surface area contributed by atoms with Crippen molar-refractivity contribution in [2.24, 2.45) is 5.73 Å². The van der Waals surface area contributed by atoms with Crippen LogP contribution in [0.25, 0.3) is 0 Å². The summed E-state index contributed by atoms with van der Waals surface area (Å²) >= 11 is 0. The quantitative estimate of drug-likeness (QED) is 0.109. The van der Waals surface area contributed by atoms with E-state index in [0.29, 0.717) is 6.42 Å². The lowest BCUT2D eigenvalue weighted by Gasteiger charge is -2.03. The van der Waals surface area contributed by atoms with Gasteiger partial charge >= 0.3 is 11.9 Å². The van der Waals surface area contributed by atoms with E-state index in [2.05, 4.69) is 11.8 Å². The van der Waals surface area contributed by atoms with E-state index in [4.69, 9.17) is 21.1 Å². The number of hydrogen-bond donors (Lipinski definition) is 4. The van der Waals surface area contributed by atoms with Gasteiger partial charge in [-0.05, 0) is 27.4 Å². The van der Waals surface area contributed by atoms with Gasteiger partial charge in [-0.2, -0.15) is 0 Å². The number of aliphatic hydroxyl groups excluding tert-OH is 1. The second kappa shape index (κ2) is 33.8. The maximum absolute atomic E-state index is 10.4. The van der Waals surface area contributed by atoms with Gasteiger partial charge in [0.2, 0.25) is 0 Å². The summed E-state index contributed by atoms with van der Waals surface area (Å²) in [6, 6.07) is 0. The van der Waals surface area contributed by atoms with Crippen LogP contribution in [0.1, 0.15) is 142 Å². The minimum atomic E-state index is -1.23. The molecule has 0 heterocycles. The maximum atomic E-state index is 10.4. The minimum absolute atomic E-state index is 0.346. The van der Waals surface area contributed by atoms with Gasteiger partial charge in [-0.3, -0.25) is 4.79 Å². The van der Waals surface area contributed by atoms with Crippen molar-refractivity contribution in [2.45, 2.75) is 148 Å². The summed E-state index contributed by atoms with van der Waals surface area (Å²) in [5, 5.41) is 24.3. The van der Waals surface area contributed by atoms with Crippen LogP contribution < -0.4 is 5.73 Å². The molecule has 0 aromatic heterocycles. The Balaban J connectivity index is -0.000000742. The molecule has 218 valence electrons. The van der Waals surface area contributed by atoms with Crippen LogP contribution in [0.3, 0.4) is 0 Å². The molecule has 0 aromatic rings. The number of carboxylic acids is 2. The molecule has 1 unspecified atom stereocenters. The summed E-state index contributed by atoms with van der Waals surface area (Å²) in [6.07, 6.45) is 24.9. The third-order valence-corrected chi connectivity index (χ3v) is 5.93. The molecule has 0 fully saturated rings. The number of rotatable bonds is 23. The predicted octanol–water partition coefficient (Wildman–Crippen LogP) is 6.85. The number of nitrogens with two attached hydrogens (primary N) is 1. The molecular formula is C29H62N2O5. The smallest absolute Gasteiger partial charge is 0.332 e. The first-order chi connectivity index (χ1) is 17.2. The fourth-order valence-corrected chi connectivity index (χ4v) is 3.61. The van der Waals surface area contributed by atoms with Crippen molar-refractivity contribution in [3.05, 3.63) is 0 Å². The maximum Gasteiger partial charge on any atom is 0.332 e. The monoisotopic (exact) mass is 518 g/mol. The molecule has 0 aliphatic rings. The molecule has 36 heavy (non-hydrogen) atoms. The van der Waals surface area contributed by atoms with Crippen molar-refractivity contribution in [2.75, 3.05) is 27.2 Å². The van der Waals surface area contributed by atoms with Crippen molar-refractivity contribution in [1.82, 2.24) is 4.90 Å². The summed E-state index contributed by atoms with van der Waals surface area (Å²) in [5.41, 5.74) is 5.19. The minimum Gasteiger partial charge on any atom is -0.481 e. The second-order valence-corrected chi connectivity index (χ2v) is 10.1. The molecule has 0 radical (unpaired) electrons. The Morgan fingerprint density at radius 1 is 0.667 bits per heavy atom. The Labute approximate surface area is 223 Å². The molecule has 0 rings (SSSR count). The zero-order valence-electron chi connectivity index (χ0n) is 24.3. The van der Waals surface area contributed by atoms with E-state index in [1.807, 2.05) is 14.1 Å².